The lowest BCUT2D eigenvalue weighted by Crippen LogP contribution is -2.27. The Bertz CT molecular complexity index is 605. The van der Waals surface area contributed by atoms with Crippen molar-refractivity contribution < 1.29 is 9.90 Å². The van der Waals surface area contributed by atoms with Crippen LogP contribution in [0, 0.1) is 6.92 Å². The first-order valence-corrected chi connectivity index (χ1v) is 6.06. The number of hydrogen-bond acceptors (Lipinski definition) is 2. The van der Waals surface area contributed by atoms with Gasteiger partial charge in [0.2, 0.25) is 0 Å². The standard InChI is InChI=1S/C13H15N3O2/c1-9-6-10-2-5-16(12(10)14-7-9)11-3-4-15(8-11)13(17)18/h2,5-7,11H,3-4,8H2,1H3,(H,17,18)/t11-/m0/s1. The van der Waals surface area contributed by atoms with E-state index in [2.05, 4.69) is 15.6 Å². The molecule has 1 amide bonds. The molecule has 0 radical (unpaired) electrons. The number of amides is 1. The van der Waals surface area contributed by atoms with E-state index in [1.165, 1.54) is 4.90 Å². The van der Waals surface area contributed by atoms with Crippen molar-refractivity contribution in [3.05, 3.63) is 30.1 Å². The smallest absolute Gasteiger partial charge is 0.407 e. The molecule has 94 valence electrons. The van der Waals surface area contributed by atoms with Crippen LogP contribution in [0.25, 0.3) is 11.0 Å². The first-order valence-electron chi connectivity index (χ1n) is 6.06. The predicted octanol–water partition coefficient (Wildman–Crippen LogP) is 2.27. The molecule has 5 nitrogen and oxygen atoms in total. The van der Waals surface area contributed by atoms with E-state index in [1.54, 1.807) is 0 Å². The van der Waals surface area contributed by atoms with E-state index in [0.29, 0.717) is 13.1 Å². The fraction of sp³-hybridized carbons (Fsp3) is 0.385. The molecule has 0 unspecified atom stereocenters. The van der Waals surface area contributed by atoms with Crippen LogP contribution in [0.3, 0.4) is 0 Å². The maximum absolute atomic E-state index is 10.9. The van der Waals surface area contributed by atoms with Gasteiger partial charge in [-0.05, 0) is 31.0 Å². The number of carbonyl (C=O) groups is 1. The summed E-state index contributed by atoms with van der Waals surface area (Å²) in [6, 6.07) is 4.34. The molecule has 1 fully saturated rings. The summed E-state index contributed by atoms with van der Waals surface area (Å²) in [4.78, 5) is 16.8. The van der Waals surface area contributed by atoms with Gasteiger partial charge in [-0.1, -0.05) is 0 Å². The van der Waals surface area contributed by atoms with Crippen LogP contribution in [0.4, 0.5) is 4.79 Å². The Hall–Kier alpha value is -2.04. The minimum absolute atomic E-state index is 0.203. The highest BCUT2D eigenvalue weighted by Gasteiger charge is 2.27. The molecular weight excluding hydrogens is 230 g/mol. The number of aromatic nitrogens is 2. The topological polar surface area (TPSA) is 58.4 Å². The van der Waals surface area contributed by atoms with Gasteiger partial charge in [0.05, 0.1) is 6.04 Å². The number of hydrogen-bond donors (Lipinski definition) is 1. The molecule has 0 aromatic carbocycles. The van der Waals surface area contributed by atoms with E-state index in [9.17, 15) is 4.79 Å². The van der Waals surface area contributed by atoms with Crippen molar-refractivity contribution in [1.82, 2.24) is 14.5 Å². The maximum Gasteiger partial charge on any atom is 0.407 e. The average molecular weight is 245 g/mol. The van der Waals surface area contributed by atoms with Gasteiger partial charge in [-0.2, -0.15) is 0 Å². The van der Waals surface area contributed by atoms with E-state index < -0.39 is 6.09 Å². The Kier molecular flexibility index (Phi) is 2.47. The van der Waals surface area contributed by atoms with Crippen LogP contribution in [0.1, 0.15) is 18.0 Å². The molecule has 1 N–H and O–H groups in total. The van der Waals surface area contributed by atoms with Gasteiger partial charge in [0, 0.05) is 30.9 Å². The molecule has 0 aliphatic carbocycles. The number of pyridine rings is 1. The van der Waals surface area contributed by atoms with Crippen LogP contribution in [0.15, 0.2) is 24.5 Å². The summed E-state index contributed by atoms with van der Waals surface area (Å²) >= 11 is 0. The Morgan fingerprint density at radius 2 is 2.39 bits per heavy atom. The van der Waals surface area contributed by atoms with Crippen molar-refractivity contribution in [1.29, 1.82) is 0 Å². The molecule has 1 saturated heterocycles. The summed E-state index contributed by atoms with van der Waals surface area (Å²) in [6.45, 7) is 3.17. The van der Waals surface area contributed by atoms with Gasteiger partial charge in [0.1, 0.15) is 5.65 Å². The van der Waals surface area contributed by atoms with Crippen molar-refractivity contribution in [2.24, 2.45) is 0 Å². The minimum Gasteiger partial charge on any atom is -0.465 e. The highest BCUT2D eigenvalue weighted by molar-refractivity contribution is 5.76. The number of rotatable bonds is 1. The number of carboxylic acid groups (broad SMARTS) is 1. The molecule has 1 aliphatic heterocycles. The Morgan fingerprint density at radius 1 is 1.56 bits per heavy atom. The normalized spacial score (nSPS) is 19.6. The monoisotopic (exact) mass is 245 g/mol. The van der Waals surface area contributed by atoms with Crippen LogP contribution < -0.4 is 0 Å². The number of aryl methyl sites for hydroxylation is 1. The average Bonchev–Trinajstić information content (AvgIpc) is 2.92. The van der Waals surface area contributed by atoms with Gasteiger partial charge < -0.3 is 14.6 Å². The van der Waals surface area contributed by atoms with Crippen molar-refractivity contribution in [2.45, 2.75) is 19.4 Å². The first-order chi connectivity index (χ1) is 8.65. The van der Waals surface area contributed by atoms with E-state index in [1.807, 2.05) is 25.4 Å². The predicted molar refractivity (Wildman–Crippen MR) is 67.7 cm³/mol. The van der Waals surface area contributed by atoms with E-state index in [4.69, 9.17) is 5.11 Å². The lowest BCUT2D eigenvalue weighted by atomic mass is 10.2. The molecule has 0 saturated carbocycles. The second kappa shape index (κ2) is 4.01. The van der Waals surface area contributed by atoms with Crippen molar-refractivity contribution >= 4 is 17.1 Å². The molecule has 3 rings (SSSR count). The van der Waals surface area contributed by atoms with E-state index in [0.717, 1.165) is 23.0 Å². The lowest BCUT2D eigenvalue weighted by molar-refractivity contribution is 0.154. The summed E-state index contributed by atoms with van der Waals surface area (Å²) in [6.07, 6.45) is 3.87. The Morgan fingerprint density at radius 3 is 3.11 bits per heavy atom. The van der Waals surface area contributed by atoms with Gasteiger partial charge in [0.15, 0.2) is 0 Å². The summed E-state index contributed by atoms with van der Waals surface area (Å²) in [5, 5.41) is 10.1. The van der Waals surface area contributed by atoms with Crippen molar-refractivity contribution in [3.63, 3.8) is 0 Å². The van der Waals surface area contributed by atoms with Crippen molar-refractivity contribution in [3.8, 4) is 0 Å². The zero-order valence-corrected chi connectivity index (χ0v) is 10.2. The molecule has 0 bridgehead atoms. The second-order valence-electron chi connectivity index (χ2n) is 4.82. The third kappa shape index (κ3) is 1.72. The second-order valence-corrected chi connectivity index (χ2v) is 4.82. The SMILES string of the molecule is Cc1cnc2c(ccn2[C@H]2CCN(C(=O)O)C2)c1. The quantitative estimate of drug-likeness (QED) is 0.838. The summed E-state index contributed by atoms with van der Waals surface area (Å²) in [7, 11) is 0. The van der Waals surface area contributed by atoms with Crippen LogP contribution in [0.2, 0.25) is 0 Å². The maximum atomic E-state index is 10.9. The largest absolute Gasteiger partial charge is 0.465 e. The lowest BCUT2D eigenvalue weighted by Gasteiger charge is -2.14. The molecule has 2 aromatic heterocycles. The summed E-state index contributed by atoms with van der Waals surface area (Å²) < 4.78 is 2.09. The Balaban J connectivity index is 1.94. The van der Waals surface area contributed by atoms with Gasteiger partial charge >= 0.3 is 6.09 Å². The molecular formula is C13H15N3O2. The van der Waals surface area contributed by atoms with Crippen LogP contribution in [0.5, 0.6) is 0 Å². The van der Waals surface area contributed by atoms with Crippen molar-refractivity contribution in [2.75, 3.05) is 13.1 Å². The van der Waals surface area contributed by atoms with E-state index in [-0.39, 0.29) is 6.04 Å². The highest BCUT2D eigenvalue weighted by atomic mass is 16.4. The molecule has 1 aliphatic rings. The molecule has 0 spiro atoms. The molecule has 3 heterocycles. The van der Waals surface area contributed by atoms with Gasteiger partial charge in [-0.3, -0.25) is 0 Å². The van der Waals surface area contributed by atoms with Gasteiger partial charge in [-0.25, -0.2) is 9.78 Å². The molecule has 1 atom stereocenters. The molecule has 2 aromatic rings. The number of nitrogens with zero attached hydrogens (tertiary/aromatic N) is 3. The third-order valence-corrected chi connectivity index (χ3v) is 3.52. The molecule has 5 heteroatoms. The zero-order chi connectivity index (χ0) is 12.7. The van der Waals surface area contributed by atoms with Gasteiger partial charge in [0.25, 0.3) is 0 Å². The fourth-order valence-corrected chi connectivity index (χ4v) is 2.59. The number of fused-ring (bicyclic) bond motifs is 1. The zero-order valence-electron chi connectivity index (χ0n) is 10.2. The van der Waals surface area contributed by atoms with E-state index >= 15 is 0 Å². The highest BCUT2D eigenvalue weighted by Crippen LogP contribution is 2.26. The first kappa shape index (κ1) is 11.1. The summed E-state index contributed by atoms with van der Waals surface area (Å²) in [5.41, 5.74) is 2.08. The summed E-state index contributed by atoms with van der Waals surface area (Å²) in [5.74, 6) is 0. The Labute approximate surface area is 105 Å². The fourth-order valence-electron chi connectivity index (χ4n) is 2.59. The van der Waals surface area contributed by atoms with Crippen LogP contribution >= 0.6 is 0 Å². The van der Waals surface area contributed by atoms with Gasteiger partial charge in [-0.15, -0.1) is 0 Å². The van der Waals surface area contributed by atoms with Crippen LogP contribution in [-0.2, 0) is 0 Å². The van der Waals surface area contributed by atoms with Crippen LogP contribution in [-0.4, -0.2) is 38.7 Å². The molecule has 18 heavy (non-hydrogen) atoms. The number of likely N-dealkylation sites (tertiary alicyclic amines) is 1. The minimum atomic E-state index is -0.835. The third-order valence-electron chi connectivity index (χ3n) is 3.52.